The molecule has 1 unspecified atom stereocenters. The minimum absolute atomic E-state index is 0.350. The van der Waals surface area contributed by atoms with Crippen LogP contribution >= 0.6 is 0 Å². The lowest BCUT2D eigenvalue weighted by molar-refractivity contribution is -0.137. The molecule has 0 fully saturated rings. The molecular weight excluding hydrogens is 402 g/mol. The van der Waals surface area contributed by atoms with Crippen LogP contribution in [0.2, 0.25) is 0 Å². The van der Waals surface area contributed by atoms with Gasteiger partial charge in [0, 0.05) is 18.2 Å². The molecular formula is C26H23N3O3. The van der Waals surface area contributed by atoms with Gasteiger partial charge in [0.05, 0.1) is 0 Å². The summed E-state index contributed by atoms with van der Waals surface area (Å²) in [4.78, 5) is 20.6. The minimum Gasteiger partial charge on any atom is -0.489 e. The molecule has 1 heterocycles. The Morgan fingerprint density at radius 1 is 0.875 bits per heavy atom. The number of benzene rings is 3. The van der Waals surface area contributed by atoms with E-state index in [2.05, 4.69) is 15.3 Å². The first kappa shape index (κ1) is 21.1. The summed E-state index contributed by atoms with van der Waals surface area (Å²) in [7, 11) is 0. The number of nitrogens with one attached hydrogen (secondary N) is 1. The van der Waals surface area contributed by atoms with E-state index < -0.39 is 12.0 Å². The zero-order valence-corrected chi connectivity index (χ0v) is 17.4. The normalized spacial score (nSPS) is 11.5. The van der Waals surface area contributed by atoms with E-state index in [-0.39, 0.29) is 0 Å². The van der Waals surface area contributed by atoms with Gasteiger partial charge in [-0.05, 0) is 41.5 Å². The fourth-order valence-electron chi connectivity index (χ4n) is 3.25. The van der Waals surface area contributed by atoms with Crippen molar-refractivity contribution in [3.05, 3.63) is 108 Å². The number of nitrogens with zero attached hydrogens (tertiary/aromatic N) is 2. The first-order valence-electron chi connectivity index (χ1n) is 10.3. The third-order valence-corrected chi connectivity index (χ3v) is 4.92. The molecule has 0 spiro atoms. The molecule has 3 aromatic carbocycles. The molecule has 0 amide bonds. The lowest BCUT2D eigenvalue weighted by atomic mass is 10.1. The lowest BCUT2D eigenvalue weighted by Crippen LogP contribution is -2.31. The molecule has 4 aromatic rings. The van der Waals surface area contributed by atoms with Crippen LogP contribution in [0.5, 0.6) is 5.75 Å². The van der Waals surface area contributed by atoms with E-state index >= 15 is 0 Å². The SMILES string of the molecule is O=C(O)C(Cc1ccccc1)Nc1ccnc(-c2ccc(OCc3ccccc3)cc2)n1. The fourth-order valence-corrected chi connectivity index (χ4v) is 3.25. The summed E-state index contributed by atoms with van der Waals surface area (Å²) in [6, 6.07) is 27.9. The largest absolute Gasteiger partial charge is 0.489 e. The number of aliphatic carboxylic acids is 1. The molecule has 0 aliphatic rings. The third kappa shape index (κ3) is 5.70. The Morgan fingerprint density at radius 2 is 1.53 bits per heavy atom. The summed E-state index contributed by atoms with van der Waals surface area (Å²) in [5.74, 6) is 0.783. The Hall–Kier alpha value is -4.19. The van der Waals surface area contributed by atoms with E-state index in [1.807, 2.05) is 84.9 Å². The van der Waals surface area contributed by atoms with E-state index in [9.17, 15) is 9.90 Å². The Kier molecular flexibility index (Phi) is 6.72. The van der Waals surface area contributed by atoms with E-state index in [0.717, 1.165) is 22.4 Å². The van der Waals surface area contributed by atoms with Gasteiger partial charge in [-0.1, -0.05) is 60.7 Å². The number of hydrogen-bond acceptors (Lipinski definition) is 5. The van der Waals surface area contributed by atoms with Crippen LogP contribution in [-0.2, 0) is 17.8 Å². The zero-order valence-electron chi connectivity index (χ0n) is 17.4. The summed E-state index contributed by atoms with van der Waals surface area (Å²) < 4.78 is 5.82. The van der Waals surface area contributed by atoms with Gasteiger partial charge in [-0.15, -0.1) is 0 Å². The second-order valence-corrected chi connectivity index (χ2v) is 7.29. The number of carbonyl (C=O) groups is 1. The third-order valence-electron chi connectivity index (χ3n) is 4.92. The molecule has 6 heteroatoms. The van der Waals surface area contributed by atoms with Crippen LogP contribution < -0.4 is 10.1 Å². The van der Waals surface area contributed by atoms with Crippen LogP contribution in [0, 0.1) is 0 Å². The molecule has 32 heavy (non-hydrogen) atoms. The minimum atomic E-state index is -0.936. The van der Waals surface area contributed by atoms with Gasteiger partial charge in [-0.2, -0.15) is 0 Å². The van der Waals surface area contributed by atoms with Crippen LogP contribution in [0.1, 0.15) is 11.1 Å². The van der Waals surface area contributed by atoms with Crippen LogP contribution in [0.25, 0.3) is 11.4 Å². The molecule has 6 nitrogen and oxygen atoms in total. The first-order chi connectivity index (χ1) is 15.7. The average molecular weight is 425 g/mol. The van der Waals surface area contributed by atoms with Crippen LogP contribution in [-0.4, -0.2) is 27.1 Å². The summed E-state index contributed by atoms with van der Waals surface area (Å²) >= 11 is 0. The smallest absolute Gasteiger partial charge is 0.326 e. The molecule has 1 aromatic heterocycles. The van der Waals surface area contributed by atoms with Crippen molar-refractivity contribution in [3.8, 4) is 17.1 Å². The predicted molar refractivity (Wildman–Crippen MR) is 123 cm³/mol. The standard InChI is InChI=1S/C26H23N3O3/c30-26(31)23(17-19-7-3-1-4-8-19)28-24-15-16-27-25(29-24)21-11-13-22(14-12-21)32-18-20-9-5-2-6-10-20/h1-16,23H,17-18H2,(H,30,31)(H,27,28,29). The van der Waals surface area contributed by atoms with Crippen molar-refractivity contribution in [1.29, 1.82) is 0 Å². The number of rotatable bonds is 9. The van der Waals surface area contributed by atoms with E-state index in [4.69, 9.17) is 4.74 Å². The van der Waals surface area contributed by atoms with Crippen molar-refractivity contribution >= 4 is 11.8 Å². The highest BCUT2D eigenvalue weighted by atomic mass is 16.5. The van der Waals surface area contributed by atoms with Gasteiger partial charge in [-0.3, -0.25) is 0 Å². The Morgan fingerprint density at radius 3 is 2.19 bits per heavy atom. The van der Waals surface area contributed by atoms with Gasteiger partial charge in [0.1, 0.15) is 24.2 Å². The van der Waals surface area contributed by atoms with E-state index in [1.54, 1.807) is 12.3 Å². The number of aromatic nitrogens is 2. The van der Waals surface area contributed by atoms with E-state index in [0.29, 0.717) is 24.7 Å². The summed E-state index contributed by atoms with van der Waals surface area (Å²) in [6.45, 7) is 0.494. The summed E-state index contributed by atoms with van der Waals surface area (Å²) in [5.41, 5.74) is 2.85. The maximum atomic E-state index is 11.7. The Bertz CT molecular complexity index is 1150. The zero-order chi connectivity index (χ0) is 22.2. The molecule has 0 radical (unpaired) electrons. The van der Waals surface area contributed by atoms with Gasteiger partial charge < -0.3 is 15.2 Å². The second-order valence-electron chi connectivity index (χ2n) is 7.29. The molecule has 0 bridgehead atoms. The first-order valence-corrected chi connectivity index (χ1v) is 10.3. The van der Waals surface area contributed by atoms with Crippen molar-refractivity contribution in [2.45, 2.75) is 19.1 Å². The van der Waals surface area contributed by atoms with Crippen molar-refractivity contribution in [2.24, 2.45) is 0 Å². The average Bonchev–Trinajstić information content (AvgIpc) is 2.84. The number of hydrogen-bond donors (Lipinski definition) is 2. The Balaban J connectivity index is 1.43. The maximum Gasteiger partial charge on any atom is 0.326 e. The summed E-state index contributed by atoms with van der Waals surface area (Å²) in [5, 5.41) is 12.6. The second kappa shape index (κ2) is 10.2. The summed E-state index contributed by atoms with van der Waals surface area (Å²) in [6.07, 6.45) is 1.97. The van der Waals surface area contributed by atoms with Crippen LogP contribution in [0.3, 0.4) is 0 Å². The van der Waals surface area contributed by atoms with E-state index in [1.165, 1.54) is 0 Å². The molecule has 2 N–H and O–H groups in total. The van der Waals surface area contributed by atoms with Gasteiger partial charge in [-0.25, -0.2) is 14.8 Å². The highest BCUT2D eigenvalue weighted by molar-refractivity contribution is 5.77. The topological polar surface area (TPSA) is 84.3 Å². The molecule has 1 atom stereocenters. The van der Waals surface area contributed by atoms with Crippen molar-refractivity contribution in [3.63, 3.8) is 0 Å². The highest BCUT2D eigenvalue weighted by Crippen LogP contribution is 2.21. The molecule has 4 rings (SSSR count). The van der Waals surface area contributed by atoms with Gasteiger partial charge in [0.25, 0.3) is 0 Å². The molecule has 0 saturated heterocycles. The van der Waals surface area contributed by atoms with Crippen LogP contribution in [0.4, 0.5) is 5.82 Å². The molecule has 0 aliphatic heterocycles. The number of ether oxygens (including phenoxy) is 1. The monoisotopic (exact) mass is 425 g/mol. The van der Waals surface area contributed by atoms with Crippen molar-refractivity contribution in [1.82, 2.24) is 9.97 Å². The number of anilines is 1. The molecule has 0 saturated carbocycles. The fraction of sp³-hybridized carbons (Fsp3) is 0.115. The lowest BCUT2D eigenvalue weighted by Gasteiger charge is -2.15. The van der Waals surface area contributed by atoms with Gasteiger partial charge in [0.2, 0.25) is 0 Å². The number of carboxylic acids is 1. The van der Waals surface area contributed by atoms with Crippen molar-refractivity contribution in [2.75, 3.05) is 5.32 Å². The van der Waals surface area contributed by atoms with Gasteiger partial charge >= 0.3 is 5.97 Å². The molecule has 160 valence electrons. The number of carboxylic acid groups (broad SMARTS) is 1. The Labute approximate surface area is 186 Å². The van der Waals surface area contributed by atoms with Crippen molar-refractivity contribution < 1.29 is 14.6 Å². The quantitative estimate of drug-likeness (QED) is 0.400. The maximum absolute atomic E-state index is 11.7. The van der Waals surface area contributed by atoms with Crippen LogP contribution in [0.15, 0.2) is 97.2 Å². The van der Waals surface area contributed by atoms with Gasteiger partial charge in [0.15, 0.2) is 5.82 Å². The highest BCUT2D eigenvalue weighted by Gasteiger charge is 2.18. The molecule has 0 aliphatic carbocycles. The predicted octanol–water partition coefficient (Wildman–Crippen LogP) is 4.83.